The van der Waals surface area contributed by atoms with E-state index >= 15 is 0 Å². The first-order valence-corrected chi connectivity index (χ1v) is 8.25. The molecule has 0 radical (unpaired) electrons. The lowest BCUT2D eigenvalue weighted by Gasteiger charge is -2.09. The van der Waals surface area contributed by atoms with Gasteiger partial charge in [0.15, 0.2) is 0 Å². The average molecular weight is 329 g/mol. The van der Waals surface area contributed by atoms with Gasteiger partial charge < -0.3 is 5.32 Å². The lowest BCUT2D eigenvalue weighted by Crippen LogP contribution is -2.13. The Kier molecular flexibility index (Phi) is 3.61. The van der Waals surface area contributed by atoms with Crippen molar-refractivity contribution in [1.29, 1.82) is 0 Å². The number of amides is 1. The van der Waals surface area contributed by atoms with Gasteiger partial charge in [-0.2, -0.15) is 0 Å². The maximum atomic E-state index is 12.9. The molecular weight excluding hydrogens is 317 g/mol. The molecule has 0 aliphatic carbocycles. The minimum absolute atomic E-state index is 0.155. The number of benzene rings is 2. The first kappa shape index (κ1) is 15.2. The van der Waals surface area contributed by atoms with E-state index in [0.29, 0.717) is 16.8 Å². The van der Waals surface area contributed by atoms with Crippen LogP contribution in [0.4, 0.5) is 10.1 Å². The molecule has 6 heteroatoms. The Morgan fingerprint density at radius 3 is 2.48 bits per heavy atom. The zero-order chi connectivity index (χ0) is 16.6. The van der Waals surface area contributed by atoms with Crippen LogP contribution in [0.15, 0.2) is 59.3 Å². The van der Waals surface area contributed by atoms with Crippen LogP contribution < -0.4 is 5.32 Å². The molecule has 0 saturated heterocycles. The van der Waals surface area contributed by atoms with Gasteiger partial charge in [-0.05, 0) is 41.5 Å². The number of anilines is 1. The van der Waals surface area contributed by atoms with Gasteiger partial charge in [-0.25, -0.2) is 12.8 Å². The third-order valence-electron chi connectivity index (χ3n) is 3.47. The van der Waals surface area contributed by atoms with E-state index in [0.717, 1.165) is 5.41 Å². The Labute approximate surface area is 132 Å². The Balaban J connectivity index is 1.82. The number of carbonyl (C=O) groups is 1. The molecule has 23 heavy (non-hydrogen) atoms. The predicted octanol–water partition coefficient (Wildman–Crippen LogP) is 3.24. The molecule has 0 aromatic heterocycles. The molecule has 0 bridgehead atoms. The normalized spacial score (nSPS) is 14.3. The number of nitrogens with one attached hydrogen (secondary N) is 1. The predicted molar refractivity (Wildman–Crippen MR) is 86.7 cm³/mol. The molecule has 116 valence electrons. The van der Waals surface area contributed by atoms with Crippen LogP contribution in [0.5, 0.6) is 0 Å². The third kappa shape index (κ3) is 2.93. The summed E-state index contributed by atoms with van der Waals surface area (Å²) >= 11 is 0. The van der Waals surface area contributed by atoms with Crippen molar-refractivity contribution in [3.8, 4) is 0 Å². The molecule has 0 saturated carbocycles. The summed E-state index contributed by atoms with van der Waals surface area (Å²) in [4.78, 5) is 12.3. The lowest BCUT2D eigenvalue weighted by molar-refractivity contribution is -0.111. The van der Waals surface area contributed by atoms with E-state index < -0.39 is 21.6 Å². The van der Waals surface area contributed by atoms with Crippen molar-refractivity contribution in [3.63, 3.8) is 0 Å². The molecule has 2 aromatic rings. The zero-order valence-electron chi connectivity index (χ0n) is 11.9. The number of rotatable bonds is 3. The molecule has 1 aliphatic heterocycles. The van der Waals surface area contributed by atoms with Crippen molar-refractivity contribution < 1.29 is 17.6 Å². The monoisotopic (exact) mass is 329 g/mol. The van der Waals surface area contributed by atoms with Gasteiger partial charge in [0.05, 0.1) is 4.90 Å². The molecule has 2 aromatic carbocycles. The number of carbonyl (C=O) groups excluding carboxylic acids is 1. The van der Waals surface area contributed by atoms with E-state index in [1.54, 1.807) is 12.1 Å². The molecule has 1 heterocycles. The Bertz CT molecular complexity index is 944. The number of hydrogen-bond donors (Lipinski definition) is 1. The second-order valence-corrected chi connectivity index (χ2v) is 6.84. The van der Waals surface area contributed by atoms with Crippen LogP contribution in [-0.4, -0.2) is 14.3 Å². The summed E-state index contributed by atoms with van der Waals surface area (Å²) in [6, 6.07) is 10.0. The highest BCUT2D eigenvalue weighted by molar-refractivity contribution is 7.94. The fourth-order valence-electron chi connectivity index (χ4n) is 2.22. The molecular formula is C17H12FNO3S. The summed E-state index contributed by atoms with van der Waals surface area (Å²) in [5.74, 6) is -0.891. The first-order valence-electron chi connectivity index (χ1n) is 6.70. The molecule has 1 aliphatic rings. The quantitative estimate of drug-likeness (QED) is 0.879. The van der Waals surface area contributed by atoms with Gasteiger partial charge in [-0.3, -0.25) is 4.79 Å². The molecule has 0 spiro atoms. The van der Waals surface area contributed by atoms with Crippen LogP contribution >= 0.6 is 0 Å². The van der Waals surface area contributed by atoms with Gasteiger partial charge >= 0.3 is 0 Å². The van der Waals surface area contributed by atoms with Crippen LogP contribution in [0.2, 0.25) is 0 Å². The van der Waals surface area contributed by atoms with E-state index in [9.17, 15) is 17.6 Å². The highest BCUT2D eigenvalue weighted by atomic mass is 32.2. The first-order chi connectivity index (χ1) is 10.9. The van der Waals surface area contributed by atoms with Crippen LogP contribution in [0, 0.1) is 5.82 Å². The summed E-state index contributed by atoms with van der Waals surface area (Å²) < 4.78 is 36.6. The van der Waals surface area contributed by atoms with Crippen LogP contribution in [-0.2, 0) is 14.6 Å². The number of fused-ring (bicyclic) bond motifs is 1. The second-order valence-electron chi connectivity index (χ2n) is 5.04. The Morgan fingerprint density at radius 2 is 1.78 bits per heavy atom. The second kappa shape index (κ2) is 5.48. The van der Waals surface area contributed by atoms with Crippen molar-refractivity contribution in [3.05, 3.63) is 71.4 Å². The smallest absolute Gasteiger partial charge is 0.255 e. The fourth-order valence-corrected chi connectivity index (χ4v) is 3.45. The van der Waals surface area contributed by atoms with Crippen LogP contribution in [0.1, 0.15) is 11.1 Å². The largest absolute Gasteiger partial charge is 0.322 e. The van der Waals surface area contributed by atoms with Crippen molar-refractivity contribution in [1.82, 2.24) is 0 Å². The standard InChI is InChI=1S/C17H12FNO3S/c1-11(12-2-5-14(18)6-3-12)17(20)19-15-7-4-13-8-9-23(21,22)16(13)10-15/h2-10H,1H2,(H,19,20). The van der Waals surface area contributed by atoms with Crippen molar-refractivity contribution in [2.75, 3.05) is 5.32 Å². The summed E-state index contributed by atoms with van der Waals surface area (Å²) in [6.45, 7) is 3.69. The average Bonchev–Trinajstić information content (AvgIpc) is 2.82. The van der Waals surface area contributed by atoms with E-state index in [1.807, 2.05) is 0 Å². The third-order valence-corrected chi connectivity index (χ3v) is 4.93. The van der Waals surface area contributed by atoms with E-state index in [4.69, 9.17) is 0 Å². The van der Waals surface area contributed by atoms with Gasteiger partial charge in [-0.1, -0.05) is 24.8 Å². The molecule has 0 atom stereocenters. The van der Waals surface area contributed by atoms with Gasteiger partial charge in [0.2, 0.25) is 9.84 Å². The van der Waals surface area contributed by atoms with Crippen molar-refractivity contribution >= 4 is 33.1 Å². The van der Waals surface area contributed by atoms with Crippen molar-refractivity contribution in [2.24, 2.45) is 0 Å². The number of sulfone groups is 1. The van der Waals surface area contributed by atoms with E-state index in [1.165, 1.54) is 36.4 Å². The molecule has 0 fully saturated rings. The molecule has 0 unspecified atom stereocenters. The molecule has 4 nitrogen and oxygen atoms in total. The topological polar surface area (TPSA) is 63.2 Å². The lowest BCUT2D eigenvalue weighted by atomic mass is 10.1. The van der Waals surface area contributed by atoms with E-state index in [-0.39, 0.29) is 10.5 Å². The number of halogens is 1. The molecule has 1 amide bonds. The van der Waals surface area contributed by atoms with Crippen LogP contribution in [0.3, 0.4) is 0 Å². The molecule has 1 N–H and O–H groups in total. The maximum Gasteiger partial charge on any atom is 0.255 e. The van der Waals surface area contributed by atoms with Gasteiger partial charge in [-0.15, -0.1) is 0 Å². The highest BCUT2D eigenvalue weighted by Gasteiger charge is 2.21. The summed E-state index contributed by atoms with van der Waals surface area (Å²) in [5.41, 5.74) is 1.58. The zero-order valence-corrected chi connectivity index (χ0v) is 12.7. The van der Waals surface area contributed by atoms with E-state index in [2.05, 4.69) is 11.9 Å². The van der Waals surface area contributed by atoms with Crippen molar-refractivity contribution in [2.45, 2.75) is 4.90 Å². The van der Waals surface area contributed by atoms with Crippen LogP contribution in [0.25, 0.3) is 11.6 Å². The summed E-state index contributed by atoms with van der Waals surface area (Å²) in [6.07, 6.45) is 1.51. The van der Waals surface area contributed by atoms with Gasteiger partial charge in [0.25, 0.3) is 5.91 Å². The van der Waals surface area contributed by atoms with Gasteiger partial charge in [0.1, 0.15) is 5.82 Å². The Hall–Kier alpha value is -2.73. The maximum absolute atomic E-state index is 12.9. The summed E-state index contributed by atoms with van der Waals surface area (Å²) in [7, 11) is -3.44. The highest BCUT2D eigenvalue weighted by Crippen LogP contribution is 2.29. The van der Waals surface area contributed by atoms with Gasteiger partial charge in [0, 0.05) is 16.7 Å². The minimum Gasteiger partial charge on any atom is -0.322 e. The SMILES string of the molecule is C=C(C(=O)Nc1ccc2c(c1)S(=O)(=O)C=C2)c1ccc(F)cc1. The minimum atomic E-state index is -3.44. The fraction of sp³-hybridized carbons (Fsp3) is 0. The Morgan fingerprint density at radius 1 is 1.09 bits per heavy atom. The number of hydrogen-bond acceptors (Lipinski definition) is 3. The molecule has 3 rings (SSSR count). The summed E-state index contributed by atoms with van der Waals surface area (Å²) in [5, 5.41) is 3.72.